The van der Waals surface area contributed by atoms with E-state index < -0.39 is 0 Å². The quantitative estimate of drug-likeness (QED) is 0.705. The van der Waals surface area contributed by atoms with Gasteiger partial charge >= 0.3 is 0 Å². The summed E-state index contributed by atoms with van der Waals surface area (Å²) in [4.78, 5) is 8.36. The van der Waals surface area contributed by atoms with Crippen LogP contribution in [0.25, 0.3) is 11.2 Å². The first-order chi connectivity index (χ1) is 7.20. The van der Waals surface area contributed by atoms with Crippen molar-refractivity contribution in [3.05, 3.63) is 6.20 Å². The molecule has 2 aromatic heterocycles. The zero-order valence-electron chi connectivity index (χ0n) is 8.68. The predicted molar refractivity (Wildman–Crippen MR) is 56.2 cm³/mol. The second-order valence-corrected chi connectivity index (χ2v) is 3.40. The Morgan fingerprint density at radius 2 is 2.40 bits per heavy atom. The monoisotopic (exact) mass is 207 g/mol. The molecular weight excluding hydrogens is 194 g/mol. The molecule has 0 aromatic carbocycles. The average molecular weight is 207 g/mol. The van der Waals surface area contributed by atoms with Gasteiger partial charge in [-0.05, 0) is 6.92 Å². The van der Waals surface area contributed by atoms with E-state index in [-0.39, 0.29) is 6.04 Å². The summed E-state index contributed by atoms with van der Waals surface area (Å²) in [5, 5.41) is 10.8. The van der Waals surface area contributed by atoms with Crippen molar-refractivity contribution in [2.45, 2.75) is 13.0 Å². The van der Waals surface area contributed by atoms with Crippen molar-refractivity contribution in [2.24, 2.45) is 12.8 Å². The number of anilines is 1. The molecular formula is C8H13N7. The van der Waals surface area contributed by atoms with Crippen molar-refractivity contribution in [1.29, 1.82) is 0 Å². The highest BCUT2D eigenvalue weighted by Crippen LogP contribution is 2.08. The fourth-order valence-electron chi connectivity index (χ4n) is 1.17. The van der Waals surface area contributed by atoms with Crippen LogP contribution in [0.1, 0.15) is 6.92 Å². The number of nitrogens with two attached hydrogens (primary N) is 1. The number of rotatable bonds is 3. The molecule has 7 heteroatoms. The van der Waals surface area contributed by atoms with Crippen LogP contribution in [0.2, 0.25) is 0 Å². The number of fused-ring (bicyclic) bond motifs is 1. The molecule has 0 aliphatic rings. The molecule has 0 saturated heterocycles. The Morgan fingerprint density at radius 3 is 3.13 bits per heavy atom. The number of nitrogens with zero attached hydrogens (tertiary/aromatic N) is 5. The summed E-state index contributed by atoms with van der Waals surface area (Å²) in [5.74, 6) is 0.529. The van der Waals surface area contributed by atoms with Gasteiger partial charge in [0.15, 0.2) is 0 Å². The Hall–Kier alpha value is -1.76. The summed E-state index contributed by atoms with van der Waals surface area (Å²) >= 11 is 0. The molecule has 15 heavy (non-hydrogen) atoms. The van der Waals surface area contributed by atoms with E-state index in [9.17, 15) is 0 Å². The molecule has 0 bridgehead atoms. The van der Waals surface area contributed by atoms with Crippen LogP contribution >= 0.6 is 0 Å². The Bertz CT molecular complexity index is 463. The molecule has 3 N–H and O–H groups in total. The summed E-state index contributed by atoms with van der Waals surface area (Å²) in [6.45, 7) is 2.49. The minimum absolute atomic E-state index is 0.138. The maximum Gasteiger partial charge on any atom is 0.225 e. The Morgan fingerprint density at radius 1 is 1.60 bits per heavy atom. The van der Waals surface area contributed by atoms with Gasteiger partial charge in [-0.1, -0.05) is 5.21 Å². The van der Waals surface area contributed by atoms with Crippen molar-refractivity contribution in [3.8, 4) is 0 Å². The Kier molecular flexibility index (Phi) is 2.46. The van der Waals surface area contributed by atoms with Crippen LogP contribution in [-0.4, -0.2) is 37.5 Å². The van der Waals surface area contributed by atoms with Gasteiger partial charge in [0.25, 0.3) is 0 Å². The van der Waals surface area contributed by atoms with Crippen LogP contribution < -0.4 is 11.1 Å². The minimum Gasteiger partial charge on any atom is -0.350 e. The van der Waals surface area contributed by atoms with Crippen molar-refractivity contribution < 1.29 is 0 Å². The van der Waals surface area contributed by atoms with Crippen molar-refractivity contribution in [1.82, 2.24) is 25.0 Å². The normalized spacial score (nSPS) is 13.0. The third-order valence-corrected chi connectivity index (χ3v) is 2.10. The van der Waals surface area contributed by atoms with Crippen LogP contribution in [0, 0.1) is 0 Å². The summed E-state index contributed by atoms with van der Waals surface area (Å²) in [7, 11) is 1.80. The highest BCUT2D eigenvalue weighted by molar-refractivity contribution is 5.69. The fraction of sp³-hybridized carbons (Fsp3) is 0.500. The van der Waals surface area contributed by atoms with Crippen LogP contribution in [0.5, 0.6) is 0 Å². The maximum absolute atomic E-state index is 5.49. The third kappa shape index (κ3) is 1.86. The van der Waals surface area contributed by atoms with Crippen LogP contribution in [0.3, 0.4) is 0 Å². The molecule has 0 radical (unpaired) electrons. The van der Waals surface area contributed by atoms with Crippen LogP contribution in [0.15, 0.2) is 6.20 Å². The lowest BCUT2D eigenvalue weighted by Gasteiger charge is -2.09. The first-order valence-electron chi connectivity index (χ1n) is 4.69. The predicted octanol–water partition coefficient (Wildman–Crippen LogP) is -0.483. The lowest BCUT2D eigenvalue weighted by molar-refractivity contribution is 0.735. The van der Waals surface area contributed by atoms with E-state index in [1.807, 2.05) is 6.92 Å². The second-order valence-electron chi connectivity index (χ2n) is 3.40. The number of aryl methyl sites for hydroxylation is 1. The average Bonchev–Trinajstić information content (AvgIpc) is 2.60. The van der Waals surface area contributed by atoms with Gasteiger partial charge in [-0.3, -0.25) is 0 Å². The SMILES string of the molecule is CC(CN)Nc1ncc2c(nnn2C)n1. The highest BCUT2D eigenvalue weighted by atomic mass is 15.4. The standard InChI is InChI=1S/C8H13N7/c1-5(3-9)11-8-10-4-6-7(12-8)13-14-15(6)2/h4-5H,3,9H2,1-2H3,(H,10,11,12). The molecule has 0 saturated carbocycles. The lowest BCUT2D eigenvalue weighted by atomic mass is 10.3. The van der Waals surface area contributed by atoms with E-state index in [0.717, 1.165) is 5.52 Å². The number of aromatic nitrogens is 5. The van der Waals surface area contributed by atoms with Crippen LogP contribution in [-0.2, 0) is 7.05 Å². The van der Waals surface area contributed by atoms with E-state index in [0.29, 0.717) is 18.1 Å². The zero-order chi connectivity index (χ0) is 10.8. The number of nitrogens with one attached hydrogen (secondary N) is 1. The van der Waals surface area contributed by atoms with Crippen molar-refractivity contribution >= 4 is 17.1 Å². The molecule has 0 fully saturated rings. The summed E-state index contributed by atoms with van der Waals surface area (Å²) in [6, 6.07) is 0.138. The summed E-state index contributed by atoms with van der Waals surface area (Å²) in [6.07, 6.45) is 1.69. The fourth-order valence-corrected chi connectivity index (χ4v) is 1.17. The Labute approximate surface area is 86.7 Å². The molecule has 0 aliphatic carbocycles. The molecule has 2 heterocycles. The van der Waals surface area contributed by atoms with E-state index in [4.69, 9.17) is 5.73 Å². The zero-order valence-corrected chi connectivity index (χ0v) is 8.68. The first-order valence-corrected chi connectivity index (χ1v) is 4.69. The first kappa shape index (κ1) is 9.78. The van der Waals surface area contributed by atoms with Gasteiger partial charge < -0.3 is 11.1 Å². The smallest absolute Gasteiger partial charge is 0.225 e. The Balaban J connectivity index is 2.31. The molecule has 0 spiro atoms. The maximum atomic E-state index is 5.49. The summed E-state index contributed by atoms with van der Waals surface area (Å²) in [5.41, 5.74) is 6.88. The molecule has 0 amide bonds. The van der Waals surface area contributed by atoms with Crippen molar-refractivity contribution in [2.75, 3.05) is 11.9 Å². The van der Waals surface area contributed by atoms with Gasteiger partial charge in [-0.15, -0.1) is 5.10 Å². The molecule has 7 nitrogen and oxygen atoms in total. The van der Waals surface area contributed by atoms with Gasteiger partial charge in [0.1, 0.15) is 5.52 Å². The lowest BCUT2D eigenvalue weighted by Crippen LogP contribution is -2.26. The minimum atomic E-state index is 0.138. The molecule has 80 valence electrons. The summed E-state index contributed by atoms with van der Waals surface area (Å²) < 4.78 is 1.63. The van der Waals surface area contributed by atoms with E-state index in [1.165, 1.54) is 0 Å². The largest absolute Gasteiger partial charge is 0.350 e. The number of hydrogen-bond acceptors (Lipinski definition) is 6. The number of hydrogen-bond donors (Lipinski definition) is 2. The van der Waals surface area contributed by atoms with Gasteiger partial charge in [0.05, 0.1) is 6.20 Å². The van der Waals surface area contributed by atoms with Gasteiger partial charge in [-0.2, -0.15) is 4.98 Å². The van der Waals surface area contributed by atoms with Gasteiger partial charge in [0, 0.05) is 19.6 Å². The van der Waals surface area contributed by atoms with Crippen LogP contribution in [0.4, 0.5) is 5.95 Å². The van der Waals surface area contributed by atoms with E-state index >= 15 is 0 Å². The topological polar surface area (TPSA) is 94.5 Å². The van der Waals surface area contributed by atoms with Gasteiger partial charge in [-0.25, -0.2) is 9.67 Å². The molecule has 0 aliphatic heterocycles. The third-order valence-electron chi connectivity index (χ3n) is 2.10. The van der Waals surface area contributed by atoms with E-state index in [2.05, 4.69) is 25.6 Å². The molecule has 1 unspecified atom stereocenters. The van der Waals surface area contributed by atoms with E-state index in [1.54, 1.807) is 17.9 Å². The van der Waals surface area contributed by atoms with Crippen molar-refractivity contribution in [3.63, 3.8) is 0 Å². The molecule has 1 atom stereocenters. The highest BCUT2D eigenvalue weighted by Gasteiger charge is 2.06. The molecule has 2 rings (SSSR count). The van der Waals surface area contributed by atoms with Gasteiger partial charge in [0.2, 0.25) is 11.6 Å². The molecule has 2 aromatic rings. The second kappa shape index (κ2) is 3.77.